The summed E-state index contributed by atoms with van der Waals surface area (Å²) in [4.78, 5) is 31.8. The molecule has 2 aliphatic heterocycles. The summed E-state index contributed by atoms with van der Waals surface area (Å²) in [6.45, 7) is 0.692. The van der Waals surface area contributed by atoms with Crippen LogP contribution in [0, 0.1) is 5.92 Å². The average molecular weight is 376 g/mol. The van der Waals surface area contributed by atoms with E-state index in [0.717, 1.165) is 47.4 Å². The number of hydrogen-bond acceptors (Lipinski definition) is 5. The number of thiazole rings is 1. The Balaban J connectivity index is 1.45. The lowest BCUT2D eigenvalue weighted by Gasteiger charge is -2.29. The first kappa shape index (κ1) is 16.8. The molecule has 1 aromatic heterocycles. The predicted octanol–water partition coefficient (Wildman–Crippen LogP) is 3.37. The first-order valence-electron chi connectivity index (χ1n) is 8.77. The molecule has 2 amide bonds. The maximum atomic E-state index is 12.8. The molecule has 2 unspecified atom stereocenters. The van der Waals surface area contributed by atoms with Crippen LogP contribution in [0.4, 0.5) is 5.13 Å². The number of rotatable bonds is 3. The summed E-state index contributed by atoms with van der Waals surface area (Å²) in [5.74, 6) is 2.17. The molecule has 0 spiro atoms. The number of anilines is 1. The molecule has 25 heavy (non-hydrogen) atoms. The van der Waals surface area contributed by atoms with Crippen LogP contribution in [0.25, 0.3) is 10.2 Å². The van der Waals surface area contributed by atoms with Gasteiger partial charge in [-0.05, 0) is 43.6 Å². The molecule has 1 N–H and O–H groups in total. The number of amides is 2. The molecule has 2 aromatic rings. The van der Waals surface area contributed by atoms with E-state index in [4.69, 9.17) is 0 Å². The van der Waals surface area contributed by atoms with Crippen LogP contribution in [0.3, 0.4) is 0 Å². The second-order valence-electron chi connectivity index (χ2n) is 6.58. The van der Waals surface area contributed by atoms with Crippen molar-refractivity contribution in [3.05, 3.63) is 24.3 Å². The van der Waals surface area contributed by atoms with Crippen LogP contribution in [0.1, 0.15) is 25.7 Å². The fourth-order valence-electron chi connectivity index (χ4n) is 3.59. The lowest BCUT2D eigenvalue weighted by molar-refractivity contribution is -0.139. The number of likely N-dealkylation sites (tertiary alicyclic amines) is 1. The third kappa shape index (κ3) is 3.53. The van der Waals surface area contributed by atoms with Crippen molar-refractivity contribution in [2.24, 2.45) is 5.92 Å². The summed E-state index contributed by atoms with van der Waals surface area (Å²) >= 11 is 3.32. The zero-order valence-electron chi connectivity index (χ0n) is 13.9. The number of hydrogen-bond donors (Lipinski definition) is 1. The summed E-state index contributed by atoms with van der Waals surface area (Å²) in [6, 6.07) is 7.48. The van der Waals surface area contributed by atoms with Crippen molar-refractivity contribution < 1.29 is 9.59 Å². The Hall–Kier alpha value is -1.60. The second-order valence-corrected chi connectivity index (χ2v) is 8.76. The fourth-order valence-corrected chi connectivity index (χ4v) is 5.59. The van der Waals surface area contributed by atoms with Gasteiger partial charge in [0.05, 0.1) is 10.2 Å². The minimum Gasteiger partial charge on any atom is -0.330 e. The van der Waals surface area contributed by atoms with Crippen molar-refractivity contribution in [1.29, 1.82) is 0 Å². The molecule has 4 rings (SSSR count). The Morgan fingerprint density at radius 1 is 1.20 bits per heavy atom. The number of benzene rings is 1. The molecule has 7 heteroatoms. The van der Waals surface area contributed by atoms with Crippen molar-refractivity contribution in [2.75, 3.05) is 23.4 Å². The van der Waals surface area contributed by atoms with Crippen LogP contribution in [-0.4, -0.2) is 45.8 Å². The maximum Gasteiger partial charge on any atom is 0.248 e. The highest BCUT2D eigenvalue weighted by atomic mass is 32.2. The van der Waals surface area contributed by atoms with E-state index in [1.54, 1.807) is 4.90 Å². The van der Waals surface area contributed by atoms with E-state index < -0.39 is 0 Å². The van der Waals surface area contributed by atoms with Gasteiger partial charge in [-0.1, -0.05) is 23.5 Å². The van der Waals surface area contributed by atoms with Gasteiger partial charge in [0.2, 0.25) is 11.8 Å². The molecular formula is C18H21N3O2S2. The standard InChI is InChI=1S/C18H21N3O2S2/c22-16(20-18-19-13-6-1-2-8-15(13)25-18)14-7-3-9-21(14)17(23)12-5-4-10-24-11-12/h1-2,6,8,12,14H,3-5,7,9-11H2,(H,19,20,22). The quantitative estimate of drug-likeness (QED) is 0.893. The van der Waals surface area contributed by atoms with Crippen LogP contribution in [0.15, 0.2) is 24.3 Å². The fraction of sp³-hybridized carbons (Fsp3) is 0.500. The highest BCUT2D eigenvalue weighted by Gasteiger charge is 2.37. The minimum atomic E-state index is -0.355. The molecule has 0 bridgehead atoms. The SMILES string of the molecule is O=C(Nc1nc2ccccc2s1)C1CCCN1C(=O)C1CCCSC1. The summed E-state index contributed by atoms with van der Waals surface area (Å²) in [7, 11) is 0. The number of thioether (sulfide) groups is 1. The van der Waals surface area contributed by atoms with Gasteiger partial charge in [-0.2, -0.15) is 11.8 Å². The Labute approximate surface area is 155 Å². The largest absolute Gasteiger partial charge is 0.330 e. The lowest BCUT2D eigenvalue weighted by atomic mass is 10.0. The van der Waals surface area contributed by atoms with Crippen LogP contribution in [-0.2, 0) is 9.59 Å². The molecule has 2 fully saturated rings. The number of para-hydroxylation sites is 1. The molecule has 2 aliphatic rings. The Morgan fingerprint density at radius 2 is 2.08 bits per heavy atom. The normalized spacial score (nSPS) is 23.8. The van der Waals surface area contributed by atoms with E-state index in [1.165, 1.54) is 11.3 Å². The van der Waals surface area contributed by atoms with Crippen LogP contribution in [0.5, 0.6) is 0 Å². The molecular weight excluding hydrogens is 354 g/mol. The number of nitrogens with zero attached hydrogens (tertiary/aromatic N) is 2. The van der Waals surface area contributed by atoms with Crippen molar-refractivity contribution in [3.8, 4) is 0 Å². The van der Waals surface area contributed by atoms with Gasteiger partial charge < -0.3 is 10.2 Å². The first-order valence-corrected chi connectivity index (χ1v) is 10.7. The molecule has 0 aliphatic carbocycles. The summed E-state index contributed by atoms with van der Waals surface area (Å²) in [6.07, 6.45) is 3.68. The number of fused-ring (bicyclic) bond motifs is 1. The third-order valence-electron chi connectivity index (χ3n) is 4.87. The average Bonchev–Trinajstić information content (AvgIpc) is 3.28. The van der Waals surface area contributed by atoms with Gasteiger partial charge in [0.1, 0.15) is 6.04 Å². The lowest BCUT2D eigenvalue weighted by Crippen LogP contribution is -2.46. The van der Waals surface area contributed by atoms with Gasteiger partial charge >= 0.3 is 0 Å². The van der Waals surface area contributed by atoms with E-state index in [9.17, 15) is 9.59 Å². The van der Waals surface area contributed by atoms with Crippen molar-refractivity contribution in [3.63, 3.8) is 0 Å². The van der Waals surface area contributed by atoms with E-state index in [1.807, 2.05) is 36.0 Å². The van der Waals surface area contributed by atoms with Crippen LogP contribution >= 0.6 is 23.1 Å². The van der Waals surface area contributed by atoms with E-state index >= 15 is 0 Å². The Kier molecular flexibility index (Phi) is 4.94. The highest BCUT2D eigenvalue weighted by Crippen LogP contribution is 2.29. The Morgan fingerprint density at radius 3 is 2.88 bits per heavy atom. The van der Waals surface area contributed by atoms with E-state index in [-0.39, 0.29) is 23.8 Å². The molecule has 2 atom stereocenters. The molecule has 5 nitrogen and oxygen atoms in total. The van der Waals surface area contributed by atoms with Crippen molar-refractivity contribution in [2.45, 2.75) is 31.7 Å². The monoisotopic (exact) mass is 375 g/mol. The summed E-state index contributed by atoms with van der Waals surface area (Å²) in [5, 5.41) is 3.54. The van der Waals surface area contributed by atoms with Gasteiger partial charge in [-0.15, -0.1) is 0 Å². The van der Waals surface area contributed by atoms with Gasteiger partial charge in [-0.3, -0.25) is 9.59 Å². The highest BCUT2D eigenvalue weighted by molar-refractivity contribution is 7.99. The third-order valence-corrected chi connectivity index (χ3v) is 7.04. The van der Waals surface area contributed by atoms with Crippen molar-refractivity contribution >= 4 is 50.3 Å². The summed E-state index contributed by atoms with van der Waals surface area (Å²) < 4.78 is 1.05. The number of nitrogens with one attached hydrogen (secondary N) is 1. The first-order chi connectivity index (χ1) is 12.2. The molecule has 3 heterocycles. The zero-order valence-corrected chi connectivity index (χ0v) is 15.6. The summed E-state index contributed by atoms with van der Waals surface area (Å²) in [5.41, 5.74) is 0.890. The minimum absolute atomic E-state index is 0.0783. The number of carbonyl (C=O) groups excluding carboxylic acids is 2. The molecule has 0 saturated carbocycles. The topological polar surface area (TPSA) is 62.3 Å². The van der Waals surface area contributed by atoms with Crippen LogP contribution in [0.2, 0.25) is 0 Å². The van der Waals surface area contributed by atoms with Gasteiger partial charge in [0.25, 0.3) is 0 Å². The number of aromatic nitrogens is 1. The van der Waals surface area contributed by atoms with Gasteiger partial charge in [0.15, 0.2) is 5.13 Å². The van der Waals surface area contributed by atoms with E-state index in [0.29, 0.717) is 11.7 Å². The molecule has 1 aromatic carbocycles. The smallest absolute Gasteiger partial charge is 0.248 e. The molecule has 2 saturated heterocycles. The van der Waals surface area contributed by atoms with E-state index in [2.05, 4.69) is 10.3 Å². The molecule has 132 valence electrons. The Bertz CT molecular complexity index is 752. The second kappa shape index (κ2) is 7.33. The van der Waals surface area contributed by atoms with Crippen molar-refractivity contribution in [1.82, 2.24) is 9.88 Å². The zero-order chi connectivity index (χ0) is 17.2. The van der Waals surface area contributed by atoms with Gasteiger partial charge in [0, 0.05) is 18.2 Å². The molecule has 0 radical (unpaired) electrons. The predicted molar refractivity (Wildman–Crippen MR) is 103 cm³/mol. The van der Waals surface area contributed by atoms with Gasteiger partial charge in [-0.25, -0.2) is 4.98 Å². The number of carbonyl (C=O) groups is 2. The maximum absolute atomic E-state index is 12.8. The van der Waals surface area contributed by atoms with Crippen LogP contribution < -0.4 is 5.32 Å².